The second-order valence-corrected chi connectivity index (χ2v) is 17.1. The first-order chi connectivity index (χ1) is 25.0. The number of quaternary nitrogens is 1. The summed E-state index contributed by atoms with van der Waals surface area (Å²) in [6, 6.07) is -0.914. The third kappa shape index (κ3) is 37.1. The molecule has 0 rings (SSSR count). The van der Waals surface area contributed by atoms with Gasteiger partial charge in [-0.15, -0.1) is 0 Å². The number of carbonyl (C=O) groups excluding carboxylic acids is 1. The van der Waals surface area contributed by atoms with E-state index in [1.54, 1.807) is 6.08 Å². The van der Waals surface area contributed by atoms with E-state index < -0.39 is 26.6 Å². The van der Waals surface area contributed by atoms with Crippen LogP contribution < -0.4 is 10.2 Å². The van der Waals surface area contributed by atoms with Crippen molar-refractivity contribution < 1.29 is 32.9 Å². The van der Waals surface area contributed by atoms with Crippen LogP contribution in [0.1, 0.15) is 181 Å². The van der Waals surface area contributed by atoms with Gasteiger partial charge in [-0.3, -0.25) is 9.36 Å². The van der Waals surface area contributed by atoms with Gasteiger partial charge in [0.05, 0.1) is 39.9 Å². The highest BCUT2D eigenvalue weighted by Crippen LogP contribution is 2.38. The lowest BCUT2D eigenvalue weighted by Gasteiger charge is -2.29. The SMILES string of the molecule is CCCCCC/C=C\CCCC(=O)NC(COP(=O)([O-])OCC[N+](C)(C)C)C(O)/C=C/CC/C=C/CCCCCCCCCCCCCCCCC. The largest absolute Gasteiger partial charge is 0.756 e. The number of rotatable bonds is 38. The number of amides is 1. The van der Waals surface area contributed by atoms with Gasteiger partial charge in [-0.25, -0.2) is 0 Å². The molecule has 0 saturated heterocycles. The molecule has 0 saturated carbocycles. The predicted molar refractivity (Wildman–Crippen MR) is 219 cm³/mol. The van der Waals surface area contributed by atoms with Crippen molar-refractivity contribution in [1.29, 1.82) is 0 Å². The van der Waals surface area contributed by atoms with Crippen LogP contribution in [0.25, 0.3) is 0 Å². The molecule has 8 nitrogen and oxygen atoms in total. The Morgan fingerprint density at radius 1 is 0.654 bits per heavy atom. The van der Waals surface area contributed by atoms with Crippen LogP contribution in [-0.2, 0) is 18.4 Å². The number of hydrogen-bond acceptors (Lipinski definition) is 6. The van der Waals surface area contributed by atoms with Gasteiger partial charge in [-0.2, -0.15) is 0 Å². The monoisotopic (exact) mass is 755 g/mol. The van der Waals surface area contributed by atoms with E-state index in [4.69, 9.17) is 9.05 Å². The second kappa shape index (κ2) is 35.4. The van der Waals surface area contributed by atoms with Crippen LogP contribution in [0.4, 0.5) is 0 Å². The van der Waals surface area contributed by atoms with E-state index in [1.807, 2.05) is 27.2 Å². The number of carbonyl (C=O) groups is 1. The molecule has 0 fully saturated rings. The van der Waals surface area contributed by atoms with E-state index in [2.05, 4.69) is 43.5 Å². The predicted octanol–water partition coefficient (Wildman–Crippen LogP) is 10.9. The molecule has 2 N–H and O–H groups in total. The molecule has 0 aromatic carbocycles. The van der Waals surface area contributed by atoms with Gasteiger partial charge in [0.2, 0.25) is 5.91 Å². The number of likely N-dealkylation sites (N-methyl/N-ethyl adjacent to an activating group) is 1. The molecule has 0 radical (unpaired) electrons. The van der Waals surface area contributed by atoms with Gasteiger partial charge in [0.25, 0.3) is 7.82 Å². The van der Waals surface area contributed by atoms with Crippen LogP contribution in [-0.4, -0.2) is 68.5 Å². The zero-order chi connectivity index (χ0) is 38.6. The molecule has 306 valence electrons. The number of allylic oxidation sites excluding steroid dienone is 5. The van der Waals surface area contributed by atoms with Gasteiger partial charge in [-0.05, 0) is 51.4 Å². The van der Waals surface area contributed by atoms with E-state index in [0.29, 0.717) is 17.4 Å². The Morgan fingerprint density at radius 3 is 1.58 bits per heavy atom. The Kier molecular flexibility index (Phi) is 34.6. The standard InChI is InChI=1S/C43H83N2O6P/c1-6-8-10-12-14-16-17-18-19-20-21-22-23-24-25-26-27-29-30-32-34-36-42(46)41(40-51-52(48,49)50-39-38-45(3,4)5)44-43(47)37-35-33-31-28-15-13-11-9-7-2/h27-29,31,34,36,41-42,46H,6-26,30,32-33,35,37-40H2,1-5H3,(H-,44,47,48,49)/b29-27+,31-28-,36-34+. The van der Waals surface area contributed by atoms with Crippen LogP contribution in [0, 0.1) is 0 Å². The van der Waals surface area contributed by atoms with E-state index in [-0.39, 0.29) is 18.9 Å². The average Bonchev–Trinajstić information content (AvgIpc) is 3.09. The van der Waals surface area contributed by atoms with Crippen LogP contribution in [0.3, 0.4) is 0 Å². The number of aliphatic hydroxyl groups excluding tert-OH is 1. The number of aliphatic hydroxyl groups is 1. The molecule has 52 heavy (non-hydrogen) atoms. The highest BCUT2D eigenvalue weighted by atomic mass is 31.2. The molecular formula is C43H83N2O6P. The van der Waals surface area contributed by atoms with E-state index >= 15 is 0 Å². The molecule has 0 bridgehead atoms. The third-order valence-corrected chi connectivity index (χ3v) is 10.3. The van der Waals surface area contributed by atoms with Gasteiger partial charge >= 0.3 is 0 Å². The maximum absolute atomic E-state index is 12.7. The summed E-state index contributed by atoms with van der Waals surface area (Å²) >= 11 is 0. The first-order valence-electron chi connectivity index (χ1n) is 21.4. The lowest BCUT2D eigenvalue weighted by molar-refractivity contribution is -0.870. The Bertz CT molecular complexity index is 948. The molecule has 0 aromatic rings. The second-order valence-electron chi connectivity index (χ2n) is 15.7. The van der Waals surface area contributed by atoms with Gasteiger partial charge in [0.1, 0.15) is 13.2 Å². The molecule has 3 unspecified atom stereocenters. The van der Waals surface area contributed by atoms with Crippen LogP contribution >= 0.6 is 7.82 Å². The lowest BCUT2D eigenvalue weighted by Crippen LogP contribution is -2.45. The molecule has 1 amide bonds. The van der Waals surface area contributed by atoms with Crippen molar-refractivity contribution >= 4 is 13.7 Å². The molecule has 0 spiro atoms. The third-order valence-electron chi connectivity index (χ3n) is 9.32. The van der Waals surface area contributed by atoms with Crippen molar-refractivity contribution in [3.05, 3.63) is 36.5 Å². The first-order valence-corrected chi connectivity index (χ1v) is 22.8. The summed E-state index contributed by atoms with van der Waals surface area (Å²) in [5.74, 6) is -0.245. The fraction of sp³-hybridized carbons (Fsp3) is 0.837. The molecule has 0 aliphatic heterocycles. The minimum atomic E-state index is -4.59. The fourth-order valence-corrected chi connectivity index (χ4v) is 6.60. The lowest BCUT2D eigenvalue weighted by atomic mass is 10.0. The summed E-state index contributed by atoms with van der Waals surface area (Å²) in [6.07, 6.45) is 42.2. The van der Waals surface area contributed by atoms with Gasteiger partial charge in [0, 0.05) is 6.42 Å². The van der Waals surface area contributed by atoms with Crippen LogP contribution in [0.5, 0.6) is 0 Å². The zero-order valence-electron chi connectivity index (χ0n) is 34.5. The summed E-state index contributed by atoms with van der Waals surface area (Å²) in [7, 11) is 1.22. The van der Waals surface area contributed by atoms with E-state index in [9.17, 15) is 19.4 Å². The summed E-state index contributed by atoms with van der Waals surface area (Å²) in [5.41, 5.74) is 0. The average molecular weight is 755 g/mol. The maximum atomic E-state index is 12.7. The van der Waals surface area contributed by atoms with Crippen molar-refractivity contribution in [1.82, 2.24) is 5.32 Å². The smallest absolute Gasteiger partial charge is 0.268 e. The molecule has 0 heterocycles. The normalized spacial score (nSPS) is 14.8. The van der Waals surface area contributed by atoms with Crippen molar-refractivity contribution in [2.75, 3.05) is 40.9 Å². The summed E-state index contributed by atoms with van der Waals surface area (Å²) in [6.45, 7) is 4.55. The molecule has 0 aliphatic rings. The first kappa shape index (κ1) is 50.7. The van der Waals surface area contributed by atoms with E-state index in [1.165, 1.54) is 122 Å². The number of nitrogens with one attached hydrogen (secondary N) is 1. The minimum absolute atomic E-state index is 0.0111. The van der Waals surface area contributed by atoms with Crippen LogP contribution in [0.2, 0.25) is 0 Å². The summed E-state index contributed by atoms with van der Waals surface area (Å²) in [5, 5.41) is 13.7. The van der Waals surface area contributed by atoms with Gasteiger partial charge in [-0.1, -0.05) is 159 Å². The van der Waals surface area contributed by atoms with Crippen molar-refractivity contribution in [2.24, 2.45) is 0 Å². The Labute approximate surface area is 321 Å². The van der Waals surface area contributed by atoms with Gasteiger partial charge < -0.3 is 28.8 Å². The quantitative estimate of drug-likeness (QED) is 0.0281. The van der Waals surface area contributed by atoms with Crippen molar-refractivity contribution in [3.8, 4) is 0 Å². The molecule has 0 aliphatic carbocycles. The number of hydrogen-bond donors (Lipinski definition) is 2. The summed E-state index contributed by atoms with van der Waals surface area (Å²) < 4.78 is 23.1. The van der Waals surface area contributed by atoms with Crippen molar-refractivity contribution in [2.45, 2.75) is 193 Å². The minimum Gasteiger partial charge on any atom is -0.756 e. The molecule has 0 aromatic heterocycles. The molecule has 9 heteroatoms. The highest BCUT2D eigenvalue weighted by molar-refractivity contribution is 7.45. The topological polar surface area (TPSA) is 108 Å². The number of nitrogens with zero attached hydrogens (tertiary/aromatic N) is 1. The fourth-order valence-electron chi connectivity index (χ4n) is 5.88. The highest BCUT2D eigenvalue weighted by Gasteiger charge is 2.23. The zero-order valence-corrected chi connectivity index (χ0v) is 35.4. The maximum Gasteiger partial charge on any atom is 0.268 e. The molecular weight excluding hydrogens is 671 g/mol. The van der Waals surface area contributed by atoms with Crippen LogP contribution in [0.15, 0.2) is 36.5 Å². The van der Waals surface area contributed by atoms with E-state index in [0.717, 1.165) is 32.1 Å². The number of unbranched alkanes of at least 4 members (excludes halogenated alkanes) is 21. The number of phosphoric ester groups is 1. The van der Waals surface area contributed by atoms with Gasteiger partial charge in [0.15, 0.2) is 0 Å². The Morgan fingerprint density at radius 2 is 1.08 bits per heavy atom. The Balaban J connectivity index is 4.41. The molecule has 3 atom stereocenters. The number of phosphoric acid groups is 1. The van der Waals surface area contributed by atoms with Crippen molar-refractivity contribution in [3.63, 3.8) is 0 Å². The Hall–Kier alpha value is -1.28. The summed E-state index contributed by atoms with van der Waals surface area (Å²) in [4.78, 5) is 25.1.